The number of piperidine rings is 1. The maximum absolute atomic E-state index is 5.47. The molecule has 1 atom stereocenters. The number of rotatable bonds is 5. The highest BCUT2D eigenvalue weighted by Crippen LogP contribution is 2.40. The fraction of sp³-hybridized carbons (Fsp3) is 1.00. The SMILES string of the molecule is CC(CCC(C)(C)N1CCC2(CC1)COC2)N1CCOCC1. The van der Waals surface area contributed by atoms with Crippen LogP contribution in [0.4, 0.5) is 0 Å². The fourth-order valence-corrected chi connectivity index (χ4v) is 4.19. The molecule has 1 unspecified atom stereocenters. The Kier molecular flexibility index (Phi) is 5.13. The Morgan fingerprint density at radius 3 is 2.18 bits per heavy atom. The first kappa shape index (κ1) is 16.7. The number of ether oxygens (including phenoxy) is 2. The highest BCUT2D eigenvalue weighted by Gasteiger charge is 2.43. The van der Waals surface area contributed by atoms with Crippen molar-refractivity contribution in [2.24, 2.45) is 5.41 Å². The molecule has 4 nitrogen and oxygen atoms in total. The maximum Gasteiger partial charge on any atom is 0.0594 e. The Morgan fingerprint density at radius 2 is 1.64 bits per heavy atom. The van der Waals surface area contributed by atoms with Crippen molar-refractivity contribution in [1.82, 2.24) is 9.80 Å². The van der Waals surface area contributed by atoms with Gasteiger partial charge < -0.3 is 9.47 Å². The van der Waals surface area contributed by atoms with Gasteiger partial charge in [-0.15, -0.1) is 0 Å². The van der Waals surface area contributed by atoms with E-state index in [0.717, 1.165) is 39.5 Å². The van der Waals surface area contributed by atoms with E-state index in [4.69, 9.17) is 9.47 Å². The van der Waals surface area contributed by atoms with Crippen molar-refractivity contribution in [3.63, 3.8) is 0 Å². The van der Waals surface area contributed by atoms with Crippen LogP contribution < -0.4 is 0 Å². The van der Waals surface area contributed by atoms with Crippen molar-refractivity contribution in [2.45, 2.75) is 58.0 Å². The summed E-state index contributed by atoms with van der Waals surface area (Å²) >= 11 is 0. The second-order valence-electron chi connectivity index (χ2n) is 8.33. The summed E-state index contributed by atoms with van der Waals surface area (Å²) < 4.78 is 10.9. The molecule has 3 heterocycles. The van der Waals surface area contributed by atoms with Gasteiger partial charge in [-0.3, -0.25) is 9.80 Å². The molecule has 22 heavy (non-hydrogen) atoms. The van der Waals surface area contributed by atoms with Crippen molar-refractivity contribution in [2.75, 3.05) is 52.6 Å². The zero-order chi connectivity index (χ0) is 15.6. The monoisotopic (exact) mass is 310 g/mol. The summed E-state index contributed by atoms with van der Waals surface area (Å²) in [5, 5.41) is 0. The molecule has 1 spiro atoms. The minimum atomic E-state index is 0.326. The first-order valence-corrected chi connectivity index (χ1v) is 9.15. The van der Waals surface area contributed by atoms with E-state index in [2.05, 4.69) is 30.6 Å². The third kappa shape index (κ3) is 3.66. The Balaban J connectivity index is 1.44. The smallest absolute Gasteiger partial charge is 0.0594 e. The minimum absolute atomic E-state index is 0.326. The minimum Gasteiger partial charge on any atom is -0.380 e. The topological polar surface area (TPSA) is 24.9 Å². The third-order valence-corrected chi connectivity index (χ3v) is 6.34. The van der Waals surface area contributed by atoms with Gasteiger partial charge in [0, 0.05) is 30.1 Å². The predicted molar refractivity (Wildman–Crippen MR) is 89.2 cm³/mol. The van der Waals surface area contributed by atoms with Gasteiger partial charge in [-0.1, -0.05) is 0 Å². The molecule has 0 aromatic rings. The Hall–Kier alpha value is -0.160. The Labute approximate surface area is 136 Å². The lowest BCUT2D eigenvalue weighted by Crippen LogP contribution is -2.56. The summed E-state index contributed by atoms with van der Waals surface area (Å²) in [5.74, 6) is 0. The molecule has 0 saturated carbocycles. The van der Waals surface area contributed by atoms with Crippen LogP contribution >= 0.6 is 0 Å². The molecule has 0 aromatic carbocycles. The molecule has 4 heteroatoms. The quantitative estimate of drug-likeness (QED) is 0.778. The Bertz CT molecular complexity index is 352. The number of hydrogen-bond acceptors (Lipinski definition) is 4. The number of hydrogen-bond donors (Lipinski definition) is 0. The summed E-state index contributed by atoms with van der Waals surface area (Å²) in [6.45, 7) is 15.8. The van der Waals surface area contributed by atoms with Gasteiger partial charge in [-0.05, 0) is 59.5 Å². The van der Waals surface area contributed by atoms with Gasteiger partial charge in [-0.2, -0.15) is 0 Å². The third-order valence-electron chi connectivity index (χ3n) is 6.34. The van der Waals surface area contributed by atoms with Gasteiger partial charge in [0.2, 0.25) is 0 Å². The molecule has 0 amide bonds. The van der Waals surface area contributed by atoms with E-state index >= 15 is 0 Å². The largest absolute Gasteiger partial charge is 0.380 e. The summed E-state index contributed by atoms with van der Waals surface area (Å²) in [7, 11) is 0. The van der Waals surface area contributed by atoms with E-state index in [9.17, 15) is 0 Å². The van der Waals surface area contributed by atoms with E-state index in [-0.39, 0.29) is 0 Å². The van der Waals surface area contributed by atoms with Crippen molar-refractivity contribution >= 4 is 0 Å². The normalized spacial score (nSPS) is 28.5. The van der Waals surface area contributed by atoms with Gasteiger partial charge >= 0.3 is 0 Å². The number of nitrogens with zero attached hydrogens (tertiary/aromatic N) is 2. The van der Waals surface area contributed by atoms with E-state index in [1.807, 2.05) is 0 Å². The summed E-state index contributed by atoms with van der Waals surface area (Å²) in [6, 6.07) is 0.680. The second kappa shape index (κ2) is 6.76. The molecule has 0 aromatic heterocycles. The van der Waals surface area contributed by atoms with E-state index < -0.39 is 0 Å². The van der Waals surface area contributed by atoms with Gasteiger partial charge in [0.05, 0.1) is 26.4 Å². The van der Waals surface area contributed by atoms with Crippen LogP contribution in [0.25, 0.3) is 0 Å². The first-order chi connectivity index (χ1) is 10.5. The number of morpholine rings is 1. The van der Waals surface area contributed by atoms with Crippen LogP contribution in [0.1, 0.15) is 46.5 Å². The highest BCUT2D eigenvalue weighted by molar-refractivity contribution is 4.95. The summed E-state index contributed by atoms with van der Waals surface area (Å²) in [5.41, 5.74) is 0.875. The molecule has 3 fully saturated rings. The molecule has 3 aliphatic heterocycles. The average Bonchev–Trinajstić information content (AvgIpc) is 2.52. The lowest BCUT2D eigenvalue weighted by Gasteiger charge is -2.51. The molecule has 0 bridgehead atoms. The van der Waals surface area contributed by atoms with E-state index in [1.165, 1.54) is 38.8 Å². The molecule has 3 aliphatic rings. The molecular formula is C18H34N2O2. The molecule has 0 aliphatic carbocycles. The fourth-order valence-electron chi connectivity index (χ4n) is 4.19. The molecular weight excluding hydrogens is 276 g/mol. The summed E-state index contributed by atoms with van der Waals surface area (Å²) in [6.07, 6.45) is 5.23. The van der Waals surface area contributed by atoms with Gasteiger partial charge in [0.1, 0.15) is 0 Å². The zero-order valence-electron chi connectivity index (χ0n) is 14.8. The van der Waals surface area contributed by atoms with E-state index in [1.54, 1.807) is 0 Å². The van der Waals surface area contributed by atoms with Crippen LogP contribution in [0.5, 0.6) is 0 Å². The zero-order valence-corrected chi connectivity index (χ0v) is 14.8. The van der Waals surface area contributed by atoms with Crippen molar-refractivity contribution in [1.29, 1.82) is 0 Å². The van der Waals surface area contributed by atoms with Crippen molar-refractivity contribution in [3.8, 4) is 0 Å². The average molecular weight is 310 g/mol. The summed E-state index contributed by atoms with van der Waals surface area (Å²) in [4.78, 5) is 5.32. The van der Waals surface area contributed by atoms with Crippen molar-refractivity contribution < 1.29 is 9.47 Å². The predicted octanol–water partition coefficient (Wildman–Crippen LogP) is 2.38. The Morgan fingerprint density at radius 1 is 1.00 bits per heavy atom. The lowest BCUT2D eigenvalue weighted by molar-refractivity contribution is -0.147. The maximum atomic E-state index is 5.47. The van der Waals surface area contributed by atoms with Crippen LogP contribution in [0.15, 0.2) is 0 Å². The van der Waals surface area contributed by atoms with Crippen LogP contribution in [-0.4, -0.2) is 74.0 Å². The molecule has 0 N–H and O–H groups in total. The highest BCUT2D eigenvalue weighted by atomic mass is 16.5. The molecule has 3 rings (SSSR count). The van der Waals surface area contributed by atoms with Gasteiger partial charge in [0.15, 0.2) is 0 Å². The van der Waals surface area contributed by atoms with Crippen LogP contribution in [0, 0.1) is 5.41 Å². The molecule has 128 valence electrons. The molecule has 0 radical (unpaired) electrons. The van der Waals surface area contributed by atoms with E-state index in [0.29, 0.717) is 17.0 Å². The lowest BCUT2D eigenvalue weighted by atomic mass is 9.75. The van der Waals surface area contributed by atoms with Crippen LogP contribution in [0.2, 0.25) is 0 Å². The van der Waals surface area contributed by atoms with Gasteiger partial charge in [-0.25, -0.2) is 0 Å². The van der Waals surface area contributed by atoms with Crippen LogP contribution in [0.3, 0.4) is 0 Å². The van der Waals surface area contributed by atoms with Crippen LogP contribution in [-0.2, 0) is 9.47 Å². The van der Waals surface area contributed by atoms with Gasteiger partial charge in [0.25, 0.3) is 0 Å². The molecule has 3 saturated heterocycles. The second-order valence-corrected chi connectivity index (χ2v) is 8.33. The standard InChI is InChI=1S/C18H34N2O2/c1-16(19-10-12-21-13-11-19)4-5-17(2,3)20-8-6-18(7-9-20)14-22-15-18/h16H,4-15H2,1-3H3. The number of likely N-dealkylation sites (tertiary alicyclic amines) is 1. The van der Waals surface area contributed by atoms with Crippen molar-refractivity contribution in [3.05, 3.63) is 0 Å². The first-order valence-electron chi connectivity index (χ1n) is 9.15.